The number of hydrogen-bond acceptors (Lipinski definition) is 4. The number of hydrogen-bond donors (Lipinski definition) is 0. The van der Waals surface area contributed by atoms with Crippen LogP contribution in [0.25, 0.3) is 98.0 Å². The second kappa shape index (κ2) is 14.9. The number of benzene rings is 14. The maximum atomic E-state index is 7.22. The van der Waals surface area contributed by atoms with Crippen molar-refractivity contribution in [1.82, 2.24) is 0 Å². The molecule has 348 valence electrons. The first-order valence-corrected chi connectivity index (χ1v) is 26.2. The Hall–Kier alpha value is -9.77. The monoisotopic (exact) mass is 964 g/mol. The molecule has 0 aliphatic carbocycles. The summed E-state index contributed by atoms with van der Waals surface area (Å²) in [6, 6.07) is 83.6. The van der Waals surface area contributed by atoms with Crippen LogP contribution in [-0.4, -0.2) is 13.4 Å². The lowest BCUT2D eigenvalue weighted by Crippen LogP contribution is -2.57. The highest BCUT2D eigenvalue weighted by atomic mass is 16.5. The first-order valence-electron chi connectivity index (χ1n) is 26.2. The minimum atomic E-state index is -0.107. The third-order valence-corrected chi connectivity index (χ3v) is 17.1. The molecule has 14 aromatic rings. The Labute approximate surface area is 437 Å². The van der Waals surface area contributed by atoms with Crippen molar-refractivity contribution in [2.75, 3.05) is 0 Å². The zero-order valence-electron chi connectivity index (χ0n) is 40.7. The lowest BCUT2D eigenvalue weighted by atomic mass is 9.34. The van der Waals surface area contributed by atoms with Gasteiger partial charge in [0.1, 0.15) is 46.0 Å². The van der Waals surface area contributed by atoms with Gasteiger partial charge in [0.05, 0.1) is 0 Å². The summed E-state index contributed by atoms with van der Waals surface area (Å²) in [6.07, 6.45) is 0. The summed E-state index contributed by atoms with van der Waals surface area (Å²) in [5, 5.41) is 14.8. The summed E-state index contributed by atoms with van der Waals surface area (Å²) >= 11 is 0. The van der Waals surface area contributed by atoms with Crippen LogP contribution in [0.15, 0.2) is 231 Å². The first-order chi connectivity index (χ1) is 37.7. The molecule has 0 saturated heterocycles. The maximum absolute atomic E-state index is 7.22. The highest BCUT2D eigenvalue weighted by molar-refractivity contribution is 6.99. The summed E-state index contributed by atoms with van der Waals surface area (Å²) < 4.78 is 27.5. The molecule has 0 fully saturated rings. The maximum Gasteiger partial charge on any atom is 0.260 e. The van der Waals surface area contributed by atoms with E-state index >= 15 is 0 Å². The Kier molecular flexibility index (Phi) is 7.99. The Morgan fingerprint density at radius 3 is 1.37 bits per heavy atom. The van der Waals surface area contributed by atoms with E-state index in [4.69, 9.17) is 18.9 Å². The van der Waals surface area contributed by atoms with E-state index in [1.54, 1.807) is 0 Å². The van der Waals surface area contributed by atoms with Crippen molar-refractivity contribution in [3.8, 4) is 79.4 Å². The van der Waals surface area contributed by atoms with Gasteiger partial charge in [-0.2, -0.15) is 0 Å². The van der Waals surface area contributed by atoms with Gasteiger partial charge in [-0.1, -0.05) is 170 Å². The predicted molar refractivity (Wildman–Crippen MR) is 314 cm³/mol. The van der Waals surface area contributed by atoms with Gasteiger partial charge in [-0.25, -0.2) is 0 Å². The fraction of sp³-hybridized carbons (Fsp3) is 0. The summed E-state index contributed by atoms with van der Waals surface area (Å²) in [6.45, 7) is -0.107. The Balaban J connectivity index is 0.785. The lowest BCUT2D eigenvalue weighted by Gasteiger charge is -2.34. The summed E-state index contributed by atoms with van der Waals surface area (Å²) in [5.74, 6) is 6.87. The van der Waals surface area contributed by atoms with Crippen LogP contribution in [0, 0.1) is 0 Å². The SMILES string of the molecule is c1ccc2c(c1)Oc1ccc(-c3ccc4c5ccccc5c5cc(-c6ccc7c(c6)B6c8ccccc8Oc8ccc(-c9ccc%10ccc%11cccc%12ccc9c%10c%11%12)c(c86)O7)ccc5c4c3)c3c1B2c1ccccc1O3. The van der Waals surface area contributed by atoms with Crippen LogP contribution in [0.1, 0.15) is 0 Å². The van der Waals surface area contributed by atoms with Crippen molar-refractivity contribution in [3.63, 3.8) is 0 Å². The molecule has 4 nitrogen and oxygen atoms in total. The quantitative estimate of drug-likeness (QED) is 0.131. The number of fused-ring (bicyclic) bond motifs is 14. The molecule has 4 aliphatic heterocycles. The van der Waals surface area contributed by atoms with E-state index in [9.17, 15) is 0 Å². The molecule has 18 rings (SSSR count). The van der Waals surface area contributed by atoms with E-state index in [1.165, 1.54) is 64.6 Å². The van der Waals surface area contributed by atoms with Gasteiger partial charge in [0.15, 0.2) is 0 Å². The second-order valence-corrected chi connectivity index (χ2v) is 20.9. The average Bonchev–Trinajstić information content (AvgIpc) is 3.53. The van der Waals surface area contributed by atoms with Gasteiger partial charge in [0, 0.05) is 22.1 Å². The van der Waals surface area contributed by atoms with E-state index in [2.05, 4.69) is 224 Å². The fourth-order valence-corrected chi connectivity index (χ4v) is 13.7. The molecule has 76 heavy (non-hydrogen) atoms. The van der Waals surface area contributed by atoms with Crippen LogP contribution >= 0.6 is 0 Å². The smallest absolute Gasteiger partial charge is 0.260 e. The fourth-order valence-electron chi connectivity index (χ4n) is 13.7. The van der Waals surface area contributed by atoms with Crippen LogP contribution in [0.4, 0.5) is 0 Å². The molecule has 0 atom stereocenters. The molecule has 6 heteroatoms. The van der Waals surface area contributed by atoms with Crippen molar-refractivity contribution in [2.45, 2.75) is 0 Å². The second-order valence-electron chi connectivity index (χ2n) is 20.9. The van der Waals surface area contributed by atoms with Gasteiger partial charge in [-0.3, -0.25) is 0 Å². The predicted octanol–water partition coefficient (Wildman–Crippen LogP) is 14.5. The van der Waals surface area contributed by atoms with Gasteiger partial charge < -0.3 is 18.9 Å². The lowest BCUT2D eigenvalue weighted by molar-refractivity contribution is 0.465. The topological polar surface area (TPSA) is 36.9 Å². The highest BCUT2D eigenvalue weighted by Gasteiger charge is 2.43. The largest absolute Gasteiger partial charge is 0.458 e. The van der Waals surface area contributed by atoms with Gasteiger partial charge in [-0.15, -0.1) is 0 Å². The van der Waals surface area contributed by atoms with Crippen LogP contribution in [0.5, 0.6) is 46.0 Å². The van der Waals surface area contributed by atoms with Gasteiger partial charge in [0.2, 0.25) is 0 Å². The Morgan fingerprint density at radius 1 is 0.237 bits per heavy atom. The molecule has 14 aromatic carbocycles. The molecule has 0 unspecified atom stereocenters. The van der Waals surface area contributed by atoms with Crippen LogP contribution in [0.2, 0.25) is 0 Å². The molecule has 0 bridgehead atoms. The van der Waals surface area contributed by atoms with E-state index in [-0.39, 0.29) is 13.4 Å². The standard InChI is InChI=1S/C70H38B2O4/c1-2-13-47-46(12-1)48-29-25-44(45-31-34-63-67-69(45)75-61-19-8-5-16-57(61)71(67)55-14-3-6-17-59(55)73-63)37-54(48)50-28-24-42(36-53(47)50)43-26-33-62-58(38-43)72-56-15-4-7-18-60(56)74-64-35-32-52(70(76-62)68(64)72)49-27-22-41-21-20-39-10-9-11-40-23-30-51(49)66(41)65(39)40/h1-38H. The van der Waals surface area contributed by atoms with E-state index in [1.807, 2.05) is 6.07 Å². The Bertz CT molecular complexity index is 4900. The zero-order valence-corrected chi connectivity index (χ0v) is 40.7. The van der Waals surface area contributed by atoms with Gasteiger partial charge in [0.25, 0.3) is 13.4 Å². The molecule has 0 spiro atoms. The van der Waals surface area contributed by atoms with E-state index < -0.39 is 0 Å². The molecule has 0 N–H and O–H groups in total. The highest BCUT2D eigenvalue weighted by Crippen LogP contribution is 2.48. The molecule has 0 amide bonds. The zero-order chi connectivity index (χ0) is 49.3. The van der Waals surface area contributed by atoms with Crippen molar-refractivity contribution in [2.24, 2.45) is 0 Å². The van der Waals surface area contributed by atoms with Gasteiger partial charge in [-0.05, 0) is 169 Å². The summed E-state index contributed by atoms with van der Waals surface area (Å²) in [5.41, 5.74) is 13.3. The Morgan fingerprint density at radius 2 is 0.671 bits per heavy atom. The molecule has 4 aliphatic rings. The molecule has 0 saturated carbocycles. The van der Waals surface area contributed by atoms with Crippen molar-refractivity contribution >= 4 is 111 Å². The third-order valence-electron chi connectivity index (χ3n) is 17.1. The number of rotatable bonds is 3. The third kappa shape index (κ3) is 5.49. The molecule has 4 heterocycles. The number of para-hydroxylation sites is 3. The van der Waals surface area contributed by atoms with Crippen molar-refractivity contribution in [3.05, 3.63) is 231 Å². The van der Waals surface area contributed by atoms with Crippen molar-refractivity contribution < 1.29 is 18.9 Å². The summed E-state index contributed by atoms with van der Waals surface area (Å²) in [4.78, 5) is 0. The molecular formula is C70H38B2O4. The minimum Gasteiger partial charge on any atom is -0.458 e. The van der Waals surface area contributed by atoms with E-state index in [0.29, 0.717) is 0 Å². The normalized spacial score (nSPS) is 13.4. The molecule has 0 radical (unpaired) electrons. The molecular weight excluding hydrogens is 926 g/mol. The van der Waals surface area contributed by atoms with Crippen LogP contribution in [0.3, 0.4) is 0 Å². The summed E-state index contributed by atoms with van der Waals surface area (Å²) in [7, 11) is 0. The minimum absolute atomic E-state index is 0.000578. The van der Waals surface area contributed by atoms with Crippen LogP contribution < -0.4 is 51.7 Å². The van der Waals surface area contributed by atoms with Crippen LogP contribution in [-0.2, 0) is 0 Å². The first kappa shape index (κ1) is 40.7. The van der Waals surface area contributed by atoms with E-state index in [0.717, 1.165) is 112 Å². The molecule has 0 aromatic heterocycles. The van der Waals surface area contributed by atoms with Gasteiger partial charge >= 0.3 is 0 Å². The average molecular weight is 965 g/mol. The van der Waals surface area contributed by atoms with Crippen molar-refractivity contribution in [1.29, 1.82) is 0 Å². The number of ether oxygens (including phenoxy) is 4.